The molecule has 0 fully saturated rings. The van der Waals surface area contributed by atoms with Crippen molar-refractivity contribution < 1.29 is 48.0 Å². The van der Waals surface area contributed by atoms with Gasteiger partial charge in [-0.2, -0.15) is 0 Å². The molecule has 3 heteroatoms. The number of fused-ring (bicyclic) bond motifs is 3. The Bertz CT molecular complexity index is 1060. The van der Waals surface area contributed by atoms with E-state index in [1.807, 2.05) is 0 Å². The number of aryl methyl sites for hydroxylation is 1. The van der Waals surface area contributed by atoms with Crippen LogP contribution in [0, 0.1) is 13.8 Å². The van der Waals surface area contributed by atoms with Gasteiger partial charge < -0.3 is 24.8 Å². The molecule has 2 aromatic carbocycles. The molecule has 0 aliphatic heterocycles. The number of hydrogen-bond acceptors (Lipinski definition) is 0. The van der Waals surface area contributed by atoms with Crippen LogP contribution >= 0.6 is 0 Å². The number of halogens is 2. The number of rotatable bonds is 2. The third kappa shape index (κ3) is 5.00. The minimum Gasteiger partial charge on any atom is -1.00 e. The molecule has 4 rings (SSSR count). The van der Waals surface area contributed by atoms with E-state index < -0.39 is 23.2 Å². The minimum atomic E-state index is -0.767. The summed E-state index contributed by atoms with van der Waals surface area (Å²) in [5.74, 6) is 0. The normalized spacial score (nSPS) is 14.3. The Morgan fingerprint density at radius 2 is 1.42 bits per heavy atom. The van der Waals surface area contributed by atoms with Gasteiger partial charge in [0.15, 0.2) is 0 Å². The first-order chi connectivity index (χ1) is 13.5. The molecule has 0 atom stereocenters. The molecular formula is C28H34Cl2Zr. The zero-order chi connectivity index (χ0) is 21.1. The van der Waals surface area contributed by atoms with Crippen LogP contribution in [0.4, 0.5) is 0 Å². The second-order valence-corrected chi connectivity index (χ2v) is 14.3. The van der Waals surface area contributed by atoms with E-state index >= 15 is 0 Å². The summed E-state index contributed by atoms with van der Waals surface area (Å²) < 4.78 is 3.46. The van der Waals surface area contributed by atoms with Crippen LogP contribution in [-0.4, -0.2) is 0 Å². The van der Waals surface area contributed by atoms with Crippen molar-refractivity contribution in [3.8, 4) is 11.1 Å². The zero-order valence-electron chi connectivity index (χ0n) is 20.1. The summed E-state index contributed by atoms with van der Waals surface area (Å²) in [6.07, 6.45) is 9.28. The van der Waals surface area contributed by atoms with Gasteiger partial charge in [0.2, 0.25) is 0 Å². The van der Waals surface area contributed by atoms with E-state index in [4.69, 9.17) is 0 Å². The predicted molar refractivity (Wildman–Crippen MR) is 123 cm³/mol. The molecule has 0 spiro atoms. The van der Waals surface area contributed by atoms with Crippen molar-refractivity contribution in [2.24, 2.45) is 0 Å². The summed E-state index contributed by atoms with van der Waals surface area (Å²) in [5.41, 5.74) is 12.6. The van der Waals surface area contributed by atoms with Crippen LogP contribution in [0.25, 0.3) is 11.1 Å². The second kappa shape index (κ2) is 9.32. The van der Waals surface area contributed by atoms with Gasteiger partial charge in [-0.25, -0.2) is 0 Å². The molecule has 0 bridgehead atoms. The monoisotopic (exact) mass is 530 g/mol. The van der Waals surface area contributed by atoms with Crippen LogP contribution in [0.15, 0.2) is 39.7 Å². The van der Waals surface area contributed by atoms with E-state index in [-0.39, 0.29) is 35.6 Å². The molecule has 0 saturated heterocycles. The van der Waals surface area contributed by atoms with Gasteiger partial charge in [0.05, 0.1) is 0 Å². The molecule has 2 aliphatic carbocycles. The third-order valence-corrected chi connectivity index (χ3v) is 10.5. The first-order valence-electron chi connectivity index (χ1n) is 10.9. The van der Waals surface area contributed by atoms with E-state index in [2.05, 4.69) is 91.8 Å². The Morgan fingerprint density at radius 3 is 1.97 bits per heavy atom. The third-order valence-electron chi connectivity index (χ3n) is 6.48. The number of benzene rings is 2. The average molecular weight is 533 g/mol. The molecule has 0 amide bonds. The Labute approximate surface area is 213 Å². The smallest absolute Gasteiger partial charge is 1.00 e. The van der Waals surface area contributed by atoms with E-state index in [1.54, 1.807) is 23.2 Å². The summed E-state index contributed by atoms with van der Waals surface area (Å²) in [7, 11) is 0. The van der Waals surface area contributed by atoms with Crippen LogP contribution < -0.4 is 28.1 Å². The van der Waals surface area contributed by atoms with Crippen molar-refractivity contribution in [2.45, 2.75) is 79.1 Å². The van der Waals surface area contributed by atoms with Gasteiger partial charge in [-0.1, -0.05) is 0 Å². The summed E-state index contributed by atoms with van der Waals surface area (Å²) >= 11 is -0.767. The molecule has 2 aliphatic rings. The fourth-order valence-electron chi connectivity index (χ4n) is 5.07. The predicted octanol–water partition coefficient (Wildman–Crippen LogP) is 1.03. The van der Waals surface area contributed by atoms with Crippen molar-refractivity contribution >= 4 is 3.27 Å². The van der Waals surface area contributed by atoms with Crippen molar-refractivity contribution in [1.29, 1.82) is 0 Å². The van der Waals surface area contributed by atoms with Gasteiger partial charge >= 0.3 is 190 Å². The topological polar surface area (TPSA) is 0 Å². The quantitative estimate of drug-likeness (QED) is 0.463. The van der Waals surface area contributed by atoms with Crippen molar-refractivity contribution in [3.05, 3.63) is 73.1 Å². The molecule has 0 aromatic heterocycles. The van der Waals surface area contributed by atoms with Crippen molar-refractivity contribution in [1.82, 2.24) is 0 Å². The first kappa shape index (κ1) is 26.6. The Balaban J connectivity index is 0.00000171. The van der Waals surface area contributed by atoms with Gasteiger partial charge in [-0.15, -0.1) is 0 Å². The minimum absolute atomic E-state index is 0. The molecule has 164 valence electrons. The summed E-state index contributed by atoms with van der Waals surface area (Å²) in [6.45, 7) is 18.8. The van der Waals surface area contributed by atoms with Crippen LogP contribution in [0.3, 0.4) is 0 Å². The average Bonchev–Trinajstić information content (AvgIpc) is 3.21. The van der Waals surface area contributed by atoms with Gasteiger partial charge in [0.25, 0.3) is 0 Å². The molecular weight excluding hydrogens is 498 g/mol. The Kier molecular flexibility index (Phi) is 8.01. The maximum atomic E-state index is 2.54. The molecule has 31 heavy (non-hydrogen) atoms. The molecule has 0 unspecified atom stereocenters. The van der Waals surface area contributed by atoms with E-state index in [0.29, 0.717) is 0 Å². The second-order valence-electron chi connectivity index (χ2n) is 10.9. The standard InChI is InChI=1S/C23H29.C5H5.2ClH.Zr/c1-14-9-16-11-17-10-15(2)21(23(6,7)8)13-19(17)18(16)12-20(14)22(3,4)5;1-2-4-5-3-1;;;/h9,12-13H,11H2,1-8H3;1-3H,4H2;2*1H;/q;;;;+2/p-2. The molecule has 2 aromatic rings. The summed E-state index contributed by atoms with van der Waals surface area (Å²) in [6, 6.07) is 7.54. The fraction of sp³-hybridized carbons (Fsp3) is 0.429. The van der Waals surface area contributed by atoms with Crippen LogP contribution in [0.5, 0.6) is 0 Å². The van der Waals surface area contributed by atoms with Crippen molar-refractivity contribution in [3.63, 3.8) is 0 Å². The Hall–Kier alpha value is -0.617. The first-order valence-corrected chi connectivity index (χ1v) is 13.4. The van der Waals surface area contributed by atoms with Gasteiger partial charge in [-0.05, 0) is 0 Å². The largest absolute Gasteiger partial charge is 1.00 e. The molecule has 0 radical (unpaired) electrons. The van der Waals surface area contributed by atoms with Crippen LogP contribution in [0.2, 0.25) is 0 Å². The zero-order valence-corrected chi connectivity index (χ0v) is 24.1. The molecule has 0 heterocycles. The number of allylic oxidation sites excluding steroid dienone is 4. The van der Waals surface area contributed by atoms with Gasteiger partial charge in [-0.3, -0.25) is 0 Å². The Morgan fingerprint density at radius 1 is 0.806 bits per heavy atom. The van der Waals surface area contributed by atoms with Crippen molar-refractivity contribution in [2.75, 3.05) is 0 Å². The molecule has 0 saturated carbocycles. The summed E-state index contributed by atoms with van der Waals surface area (Å²) in [5, 5.41) is 0. The van der Waals surface area contributed by atoms with E-state index in [1.165, 1.54) is 34.2 Å². The molecule has 0 N–H and O–H groups in total. The fourth-order valence-corrected chi connectivity index (χ4v) is 8.55. The van der Waals surface area contributed by atoms with Crippen LogP contribution in [0.1, 0.15) is 81.3 Å². The maximum absolute atomic E-state index is 2.54. The van der Waals surface area contributed by atoms with E-state index in [9.17, 15) is 0 Å². The SMILES string of the molecule is Cc1cc2c(cc1C(C)(C)C)-c1cc(C(C)(C)C)c(C)[c]([Zr+2][C]3=CC=CC3)c1C2.[Cl-].[Cl-]. The van der Waals surface area contributed by atoms with Gasteiger partial charge in [0, 0.05) is 0 Å². The maximum Gasteiger partial charge on any atom is -1.00 e. The van der Waals surface area contributed by atoms with Crippen LogP contribution in [-0.2, 0) is 40.5 Å². The molecule has 0 nitrogen and oxygen atoms in total. The van der Waals surface area contributed by atoms with E-state index in [0.717, 1.165) is 6.42 Å². The number of hydrogen-bond donors (Lipinski definition) is 0. The summed E-state index contributed by atoms with van der Waals surface area (Å²) in [4.78, 5) is 0. The van der Waals surface area contributed by atoms with Gasteiger partial charge in [0.1, 0.15) is 0 Å².